The highest BCUT2D eigenvalue weighted by Crippen LogP contribution is 2.47. The number of aromatic hydroxyl groups is 1. The number of hydrogen-bond acceptors (Lipinski definition) is 8. The van der Waals surface area contributed by atoms with Gasteiger partial charge in [0, 0.05) is 51.4 Å². The number of unbranched alkanes of at least 4 members (excludes halogenated alkanes) is 1. The molecule has 2 aromatic carbocycles. The van der Waals surface area contributed by atoms with E-state index < -0.39 is 5.63 Å². The summed E-state index contributed by atoms with van der Waals surface area (Å²) in [6.45, 7) is 0.977. The number of pyridine rings is 1. The van der Waals surface area contributed by atoms with Gasteiger partial charge in [-0.25, -0.2) is 4.79 Å². The summed E-state index contributed by atoms with van der Waals surface area (Å²) in [6, 6.07) is 11.5. The molecule has 45 heavy (non-hydrogen) atoms. The number of allylic oxidation sites excluding steroid dienone is 2. The Labute approximate surface area is 263 Å². The number of nitrogens with zero attached hydrogens (tertiary/aromatic N) is 4. The molecule has 230 valence electrons. The summed E-state index contributed by atoms with van der Waals surface area (Å²) in [4.78, 5) is 29.5. The van der Waals surface area contributed by atoms with Gasteiger partial charge in [0.05, 0.1) is 24.7 Å². The van der Waals surface area contributed by atoms with E-state index in [-0.39, 0.29) is 30.2 Å². The Bertz CT molecular complexity index is 2030. The van der Waals surface area contributed by atoms with E-state index in [9.17, 15) is 14.7 Å². The molecule has 10 nitrogen and oxygen atoms in total. The van der Waals surface area contributed by atoms with Crippen LogP contribution in [0.25, 0.3) is 21.9 Å². The Morgan fingerprint density at radius 2 is 2.00 bits per heavy atom. The Balaban J connectivity index is 0.896. The molecule has 4 N–H and O–H groups in total. The van der Waals surface area contributed by atoms with Gasteiger partial charge in [0.25, 0.3) is 0 Å². The minimum atomic E-state index is -0.575. The number of amides is 1. The van der Waals surface area contributed by atoms with Crippen LogP contribution in [0.15, 0.2) is 69.5 Å². The second kappa shape index (κ2) is 12.0. The first-order chi connectivity index (χ1) is 21.8. The van der Waals surface area contributed by atoms with Gasteiger partial charge in [0.15, 0.2) is 0 Å². The van der Waals surface area contributed by atoms with E-state index in [0.29, 0.717) is 33.5 Å². The third-order valence-corrected chi connectivity index (χ3v) is 9.13. The van der Waals surface area contributed by atoms with Crippen molar-refractivity contribution in [3.63, 3.8) is 0 Å². The van der Waals surface area contributed by atoms with Crippen LogP contribution in [-0.4, -0.2) is 31.0 Å². The van der Waals surface area contributed by atoms with Gasteiger partial charge in [-0.15, -0.1) is 5.10 Å². The third-order valence-electron chi connectivity index (χ3n) is 8.89. The van der Waals surface area contributed by atoms with Crippen LogP contribution in [0, 0.1) is 5.92 Å². The average molecular weight is 625 g/mol. The predicted octanol–water partition coefficient (Wildman–Crippen LogP) is 5.58. The van der Waals surface area contributed by atoms with E-state index in [4.69, 9.17) is 26.7 Å². The number of phenolic OH excluding ortho intramolecular Hbond substituents is 1. The van der Waals surface area contributed by atoms with Gasteiger partial charge in [-0.1, -0.05) is 28.5 Å². The number of aromatic nitrogens is 4. The quantitative estimate of drug-likeness (QED) is 0.109. The highest BCUT2D eigenvalue weighted by Gasteiger charge is 2.33. The first-order valence-electron chi connectivity index (χ1n) is 15.3. The third kappa shape index (κ3) is 6.15. The summed E-state index contributed by atoms with van der Waals surface area (Å²) < 4.78 is 6.95. The number of fused-ring (bicyclic) bond motifs is 6. The van der Waals surface area contributed by atoms with Crippen LogP contribution in [0.1, 0.15) is 60.5 Å². The Morgan fingerprint density at radius 1 is 1.13 bits per heavy atom. The maximum atomic E-state index is 12.6. The van der Waals surface area contributed by atoms with Crippen molar-refractivity contribution in [2.75, 3.05) is 5.73 Å². The van der Waals surface area contributed by atoms with Gasteiger partial charge in [0.2, 0.25) is 5.91 Å². The van der Waals surface area contributed by atoms with Gasteiger partial charge in [-0.2, -0.15) is 0 Å². The number of halogens is 1. The van der Waals surface area contributed by atoms with Crippen molar-refractivity contribution in [3.8, 4) is 5.75 Å². The van der Waals surface area contributed by atoms with Crippen LogP contribution in [0.2, 0.25) is 5.02 Å². The molecular weight excluding hydrogens is 592 g/mol. The molecule has 2 aliphatic rings. The minimum Gasteiger partial charge on any atom is -0.508 e. The van der Waals surface area contributed by atoms with Gasteiger partial charge < -0.3 is 20.6 Å². The molecule has 3 heterocycles. The number of nitrogens with one attached hydrogen (secondary N) is 1. The second-order valence-electron chi connectivity index (χ2n) is 12.1. The highest BCUT2D eigenvalue weighted by atomic mass is 35.5. The number of nitrogens with two attached hydrogens (primary N) is 1. The molecule has 2 unspecified atom stereocenters. The van der Waals surface area contributed by atoms with E-state index in [1.807, 2.05) is 29.1 Å². The Hall–Kier alpha value is -4.70. The monoisotopic (exact) mass is 624 g/mol. The topological polar surface area (TPSA) is 149 Å². The fourth-order valence-electron chi connectivity index (χ4n) is 6.92. The molecule has 0 fully saturated rings. The maximum Gasteiger partial charge on any atom is 0.336 e. The SMILES string of the molecule is Nc1c2c(nc3cc(Cl)ccc13)CC1C=C(CCCCn3cc(CNC(=O)Cc4cc(=O)oc5cc(O)ccc45)nn3)CC2C1. The van der Waals surface area contributed by atoms with Crippen LogP contribution in [-0.2, 0) is 30.7 Å². The Morgan fingerprint density at radius 3 is 2.89 bits per heavy atom. The number of aryl methyl sites for hydroxylation is 1. The largest absolute Gasteiger partial charge is 0.508 e. The zero-order chi connectivity index (χ0) is 31.1. The number of benzene rings is 2. The normalized spacial score (nSPS) is 17.3. The lowest BCUT2D eigenvalue weighted by molar-refractivity contribution is -0.120. The van der Waals surface area contributed by atoms with Crippen molar-refractivity contribution in [3.05, 3.63) is 98.3 Å². The molecule has 2 bridgehead atoms. The molecule has 0 aliphatic heterocycles. The summed E-state index contributed by atoms with van der Waals surface area (Å²) in [5.41, 5.74) is 13.1. The number of rotatable bonds is 9. The van der Waals surface area contributed by atoms with Crippen LogP contribution in [0.3, 0.4) is 0 Å². The lowest BCUT2D eigenvalue weighted by atomic mass is 9.70. The molecular formula is C34H33ClN6O4. The van der Waals surface area contributed by atoms with Gasteiger partial charge in [-0.3, -0.25) is 14.5 Å². The van der Waals surface area contributed by atoms with E-state index in [2.05, 4.69) is 21.7 Å². The summed E-state index contributed by atoms with van der Waals surface area (Å²) in [5.74, 6) is 0.631. The zero-order valence-electron chi connectivity index (χ0n) is 24.6. The van der Waals surface area contributed by atoms with Crippen LogP contribution >= 0.6 is 11.6 Å². The van der Waals surface area contributed by atoms with Crippen LogP contribution in [0.4, 0.5) is 5.69 Å². The van der Waals surface area contributed by atoms with E-state index in [0.717, 1.165) is 67.4 Å². The molecule has 0 spiro atoms. The molecule has 0 radical (unpaired) electrons. The summed E-state index contributed by atoms with van der Waals surface area (Å²) in [7, 11) is 0. The van der Waals surface area contributed by atoms with Gasteiger partial charge >= 0.3 is 5.63 Å². The Kier molecular flexibility index (Phi) is 7.75. The first-order valence-corrected chi connectivity index (χ1v) is 15.7. The van der Waals surface area contributed by atoms with E-state index in [1.165, 1.54) is 29.3 Å². The lowest BCUT2D eigenvalue weighted by Crippen LogP contribution is -2.25. The van der Waals surface area contributed by atoms with Crippen molar-refractivity contribution >= 4 is 45.1 Å². The molecule has 2 aliphatic carbocycles. The zero-order valence-corrected chi connectivity index (χ0v) is 25.4. The standard InChI is InChI=1S/C34H33ClN6O4/c35-23-4-6-27-28(15-23)38-29-12-20-9-19(10-22(11-20)33(29)34(27)36)3-1-2-8-41-18-24(39-40-41)17-37-31(43)13-21-14-32(44)45-30-16-25(42)5-7-26(21)30/h4-7,9,14-16,18,20,22,42H,1-3,8,10-13,17H2,(H2,36,38)(H,37,43). The van der Waals surface area contributed by atoms with Gasteiger partial charge in [-0.05, 0) is 86.3 Å². The molecule has 0 saturated heterocycles. The number of carbonyl (C=O) groups excluding carboxylic acids is 1. The maximum absolute atomic E-state index is 12.6. The summed E-state index contributed by atoms with van der Waals surface area (Å²) in [6.07, 6.45) is 10.4. The molecule has 3 aromatic heterocycles. The lowest BCUT2D eigenvalue weighted by Gasteiger charge is -2.36. The van der Waals surface area contributed by atoms with Crippen molar-refractivity contribution < 1.29 is 14.3 Å². The van der Waals surface area contributed by atoms with Crippen LogP contribution < -0.4 is 16.7 Å². The highest BCUT2D eigenvalue weighted by molar-refractivity contribution is 6.31. The van der Waals surface area contributed by atoms with Crippen LogP contribution in [0.5, 0.6) is 5.75 Å². The number of hydrogen-bond donors (Lipinski definition) is 3. The predicted molar refractivity (Wildman–Crippen MR) is 172 cm³/mol. The number of phenols is 1. The number of carbonyl (C=O) groups is 1. The van der Waals surface area contributed by atoms with Crippen molar-refractivity contribution in [2.24, 2.45) is 5.92 Å². The van der Waals surface area contributed by atoms with Crippen molar-refractivity contribution in [1.82, 2.24) is 25.3 Å². The molecule has 0 saturated carbocycles. The molecule has 11 heteroatoms. The van der Waals surface area contributed by atoms with Crippen molar-refractivity contribution in [2.45, 2.75) is 64.0 Å². The first kappa shape index (κ1) is 29.0. The second-order valence-corrected chi connectivity index (χ2v) is 12.6. The van der Waals surface area contributed by atoms with E-state index >= 15 is 0 Å². The summed E-state index contributed by atoms with van der Waals surface area (Å²) >= 11 is 6.21. The fraction of sp³-hybridized carbons (Fsp3) is 0.324. The number of anilines is 1. The average Bonchev–Trinajstić information content (AvgIpc) is 3.45. The van der Waals surface area contributed by atoms with Gasteiger partial charge in [0.1, 0.15) is 17.0 Å². The minimum absolute atomic E-state index is 0.00126. The molecule has 1 amide bonds. The van der Waals surface area contributed by atoms with E-state index in [1.54, 1.807) is 6.07 Å². The fourth-order valence-corrected chi connectivity index (χ4v) is 7.08. The summed E-state index contributed by atoms with van der Waals surface area (Å²) in [5, 5.41) is 23.2. The smallest absolute Gasteiger partial charge is 0.336 e. The molecule has 2 atom stereocenters. The molecule has 7 rings (SSSR count). The molecule has 5 aromatic rings. The number of nitrogen functional groups attached to an aromatic ring is 1. The van der Waals surface area contributed by atoms with Crippen molar-refractivity contribution in [1.29, 1.82) is 0 Å².